The third-order valence-corrected chi connectivity index (χ3v) is 3.88. The van der Waals surface area contributed by atoms with Crippen molar-refractivity contribution in [3.05, 3.63) is 20.8 Å². The zero-order valence-corrected chi connectivity index (χ0v) is 11.9. The number of hydrogen-bond donors (Lipinski definition) is 1. The third-order valence-electron chi connectivity index (χ3n) is 2.19. The van der Waals surface area contributed by atoms with Crippen LogP contribution in [-0.2, 0) is 16.0 Å². The first-order valence-corrected chi connectivity index (χ1v) is 6.77. The fourth-order valence-corrected chi connectivity index (χ4v) is 2.82. The highest BCUT2D eigenvalue weighted by atomic mass is 79.9. The minimum absolute atomic E-state index is 0.163. The topological polar surface area (TPSA) is 38.3 Å². The summed E-state index contributed by atoms with van der Waals surface area (Å²) in [5.74, 6) is -0.168. The second kappa shape index (κ2) is 7.04. The van der Waals surface area contributed by atoms with E-state index in [9.17, 15) is 4.79 Å². The van der Waals surface area contributed by atoms with Crippen molar-refractivity contribution in [2.24, 2.45) is 0 Å². The van der Waals surface area contributed by atoms with E-state index in [0.717, 1.165) is 16.8 Å². The molecule has 0 bridgehead atoms. The summed E-state index contributed by atoms with van der Waals surface area (Å²) in [6.07, 6.45) is 1.41. The van der Waals surface area contributed by atoms with E-state index in [-0.39, 0.29) is 12.0 Å². The quantitative estimate of drug-likeness (QED) is 0.821. The summed E-state index contributed by atoms with van der Waals surface area (Å²) in [5, 5.41) is 3.30. The number of nitrogens with one attached hydrogen (secondary N) is 1. The van der Waals surface area contributed by atoms with Crippen molar-refractivity contribution >= 4 is 33.2 Å². The van der Waals surface area contributed by atoms with Crippen molar-refractivity contribution in [2.75, 3.05) is 13.7 Å². The Kier molecular flexibility index (Phi) is 6.01. The van der Waals surface area contributed by atoms with Crippen LogP contribution in [-0.4, -0.2) is 25.7 Å². The summed E-state index contributed by atoms with van der Waals surface area (Å²) in [7, 11) is 1.41. The van der Waals surface area contributed by atoms with Gasteiger partial charge in [-0.3, -0.25) is 4.79 Å². The van der Waals surface area contributed by atoms with Crippen LogP contribution in [0.5, 0.6) is 0 Å². The first-order valence-electron chi connectivity index (χ1n) is 5.16. The van der Waals surface area contributed by atoms with Crippen LogP contribution in [0.15, 0.2) is 15.9 Å². The molecule has 0 aliphatic heterocycles. The van der Waals surface area contributed by atoms with E-state index in [1.54, 1.807) is 11.3 Å². The van der Waals surface area contributed by atoms with E-state index in [1.807, 2.05) is 6.92 Å². The number of halogens is 1. The molecule has 0 amide bonds. The SMILES string of the molecule is COC(=O)CC(C)NCCc1ccc(Br)s1. The van der Waals surface area contributed by atoms with E-state index >= 15 is 0 Å². The number of carbonyl (C=O) groups is 1. The van der Waals surface area contributed by atoms with E-state index in [1.165, 1.54) is 12.0 Å². The summed E-state index contributed by atoms with van der Waals surface area (Å²) in [6.45, 7) is 2.87. The number of hydrogen-bond acceptors (Lipinski definition) is 4. The number of methoxy groups -OCH3 is 1. The van der Waals surface area contributed by atoms with Gasteiger partial charge >= 0.3 is 5.97 Å². The molecule has 1 heterocycles. The molecule has 1 atom stereocenters. The maximum Gasteiger partial charge on any atom is 0.307 e. The highest BCUT2D eigenvalue weighted by Crippen LogP contribution is 2.22. The Morgan fingerprint density at radius 1 is 1.62 bits per heavy atom. The minimum atomic E-state index is -0.168. The summed E-state index contributed by atoms with van der Waals surface area (Å²) < 4.78 is 5.76. The second-order valence-corrected chi connectivity index (χ2v) is 6.14. The molecule has 3 nitrogen and oxygen atoms in total. The van der Waals surface area contributed by atoms with Gasteiger partial charge in [0.15, 0.2) is 0 Å². The lowest BCUT2D eigenvalue weighted by Gasteiger charge is -2.11. The van der Waals surface area contributed by atoms with Crippen molar-refractivity contribution in [2.45, 2.75) is 25.8 Å². The molecule has 90 valence electrons. The van der Waals surface area contributed by atoms with Crippen LogP contribution in [0, 0.1) is 0 Å². The Balaban J connectivity index is 2.17. The van der Waals surface area contributed by atoms with Gasteiger partial charge in [0.05, 0.1) is 17.3 Å². The van der Waals surface area contributed by atoms with Gasteiger partial charge in [-0.05, 0) is 41.4 Å². The van der Waals surface area contributed by atoms with Crippen LogP contribution in [0.3, 0.4) is 0 Å². The van der Waals surface area contributed by atoms with Crippen LogP contribution >= 0.6 is 27.3 Å². The second-order valence-electron chi connectivity index (χ2n) is 3.59. The van der Waals surface area contributed by atoms with Gasteiger partial charge in [-0.2, -0.15) is 0 Å². The largest absolute Gasteiger partial charge is 0.469 e. The Bertz CT molecular complexity index is 340. The van der Waals surface area contributed by atoms with Crippen molar-refractivity contribution in [3.63, 3.8) is 0 Å². The Labute approximate surface area is 108 Å². The minimum Gasteiger partial charge on any atom is -0.469 e. The third kappa shape index (κ3) is 5.09. The highest BCUT2D eigenvalue weighted by Gasteiger charge is 2.08. The fraction of sp³-hybridized carbons (Fsp3) is 0.545. The summed E-state index contributed by atoms with van der Waals surface area (Å²) in [4.78, 5) is 12.3. The summed E-state index contributed by atoms with van der Waals surface area (Å²) in [5.41, 5.74) is 0. The van der Waals surface area contributed by atoms with E-state index in [4.69, 9.17) is 0 Å². The molecule has 0 saturated heterocycles. The number of thiophene rings is 1. The molecule has 0 fully saturated rings. The molecule has 0 spiro atoms. The van der Waals surface area contributed by atoms with Gasteiger partial charge in [0.2, 0.25) is 0 Å². The standard InChI is InChI=1S/C11H16BrNO2S/c1-8(7-11(14)15-2)13-6-5-9-3-4-10(12)16-9/h3-4,8,13H,5-7H2,1-2H3. The van der Waals surface area contributed by atoms with Gasteiger partial charge in [0.1, 0.15) is 0 Å². The molecule has 1 rings (SSSR count). The van der Waals surface area contributed by atoms with Gasteiger partial charge in [-0.15, -0.1) is 11.3 Å². The van der Waals surface area contributed by atoms with Gasteiger partial charge in [-0.1, -0.05) is 0 Å². The van der Waals surface area contributed by atoms with Crippen molar-refractivity contribution in [1.82, 2.24) is 5.32 Å². The van der Waals surface area contributed by atoms with E-state index < -0.39 is 0 Å². The predicted octanol–water partition coefficient (Wildman–Crippen LogP) is 2.59. The molecule has 1 aromatic rings. The maximum atomic E-state index is 11.0. The van der Waals surface area contributed by atoms with Crippen LogP contribution in [0.4, 0.5) is 0 Å². The highest BCUT2D eigenvalue weighted by molar-refractivity contribution is 9.11. The molecule has 5 heteroatoms. The molecular weight excluding hydrogens is 290 g/mol. The molecule has 0 aliphatic rings. The monoisotopic (exact) mass is 305 g/mol. The zero-order valence-electron chi connectivity index (χ0n) is 9.46. The summed E-state index contributed by atoms with van der Waals surface area (Å²) >= 11 is 5.17. The normalized spacial score (nSPS) is 12.4. The lowest BCUT2D eigenvalue weighted by molar-refractivity contribution is -0.141. The van der Waals surface area contributed by atoms with Gasteiger partial charge in [0.25, 0.3) is 0 Å². The Morgan fingerprint density at radius 3 is 2.94 bits per heavy atom. The first-order chi connectivity index (χ1) is 7.61. The number of ether oxygens (including phenoxy) is 1. The molecule has 0 saturated carbocycles. The maximum absolute atomic E-state index is 11.0. The molecule has 1 aromatic heterocycles. The smallest absolute Gasteiger partial charge is 0.307 e. The van der Waals surface area contributed by atoms with Crippen LogP contribution in [0.2, 0.25) is 0 Å². The molecule has 0 aromatic carbocycles. The fourth-order valence-electron chi connectivity index (χ4n) is 1.33. The van der Waals surface area contributed by atoms with Crippen molar-refractivity contribution in [1.29, 1.82) is 0 Å². The van der Waals surface area contributed by atoms with Crippen LogP contribution in [0.1, 0.15) is 18.2 Å². The van der Waals surface area contributed by atoms with Crippen LogP contribution < -0.4 is 5.32 Å². The predicted molar refractivity (Wildman–Crippen MR) is 69.8 cm³/mol. The molecule has 1 unspecified atom stereocenters. The van der Waals surface area contributed by atoms with Gasteiger partial charge < -0.3 is 10.1 Å². The van der Waals surface area contributed by atoms with Gasteiger partial charge in [-0.25, -0.2) is 0 Å². The molecule has 1 N–H and O–H groups in total. The average Bonchev–Trinajstić information content (AvgIpc) is 2.64. The average molecular weight is 306 g/mol. The van der Waals surface area contributed by atoms with Crippen LogP contribution in [0.25, 0.3) is 0 Å². The number of carbonyl (C=O) groups excluding carboxylic acids is 1. The molecular formula is C11H16BrNO2S. The zero-order chi connectivity index (χ0) is 12.0. The number of esters is 1. The molecule has 16 heavy (non-hydrogen) atoms. The lowest BCUT2D eigenvalue weighted by atomic mass is 10.2. The van der Waals surface area contributed by atoms with Gasteiger partial charge in [0, 0.05) is 17.5 Å². The number of rotatable bonds is 6. The van der Waals surface area contributed by atoms with Crippen molar-refractivity contribution < 1.29 is 9.53 Å². The van der Waals surface area contributed by atoms with Crippen molar-refractivity contribution in [3.8, 4) is 0 Å². The first kappa shape index (κ1) is 13.7. The molecule has 0 aliphatic carbocycles. The van der Waals surface area contributed by atoms with E-state index in [0.29, 0.717) is 6.42 Å². The Morgan fingerprint density at radius 2 is 2.38 bits per heavy atom. The summed E-state index contributed by atoms with van der Waals surface area (Å²) in [6, 6.07) is 4.33. The lowest BCUT2D eigenvalue weighted by Crippen LogP contribution is -2.30. The Hall–Kier alpha value is -0.390. The molecule has 0 radical (unpaired) electrons. The van der Waals surface area contributed by atoms with E-state index in [2.05, 4.69) is 38.1 Å².